The van der Waals surface area contributed by atoms with Gasteiger partial charge in [-0.1, -0.05) is 18.7 Å². The molecule has 0 saturated heterocycles. The summed E-state index contributed by atoms with van der Waals surface area (Å²) < 4.78 is 13.0. The SMILES string of the molecule is CCC(=O)Nc1nc(S[C@@H](C)C(=O)[O-])[nH]c(=O)c1NC(=O)c1ccc(F)cc1. The van der Waals surface area contributed by atoms with Crippen LogP contribution in [0, 0.1) is 5.82 Å². The maximum atomic E-state index is 13.0. The van der Waals surface area contributed by atoms with Gasteiger partial charge in [-0.05, 0) is 31.2 Å². The van der Waals surface area contributed by atoms with Crippen molar-refractivity contribution in [2.45, 2.75) is 30.7 Å². The third-order valence-electron chi connectivity index (χ3n) is 3.44. The van der Waals surface area contributed by atoms with Gasteiger partial charge in [-0.25, -0.2) is 9.37 Å². The average molecular weight is 407 g/mol. The highest BCUT2D eigenvalue weighted by molar-refractivity contribution is 8.00. The lowest BCUT2D eigenvalue weighted by Gasteiger charge is -2.14. The van der Waals surface area contributed by atoms with Crippen LogP contribution in [-0.4, -0.2) is 33.0 Å². The molecule has 0 saturated carbocycles. The summed E-state index contributed by atoms with van der Waals surface area (Å²) >= 11 is 0.706. The van der Waals surface area contributed by atoms with Crippen LogP contribution in [0.4, 0.5) is 15.9 Å². The summed E-state index contributed by atoms with van der Waals surface area (Å²) in [6, 6.07) is 4.61. The van der Waals surface area contributed by atoms with Crippen LogP contribution in [0.2, 0.25) is 0 Å². The van der Waals surface area contributed by atoms with Gasteiger partial charge in [0.05, 0.1) is 5.97 Å². The molecule has 1 aromatic carbocycles. The number of halogens is 1. The summed E-state index contributed by atoms with van der Waals surface area (Å²) in [6.45, 7) is 2.92. The molecule has 0 spiro atoms. The Morgan fingerprint density at radius 1 is 1.25 bits per heavy atom. The summed E-state index contributed by atoms with van der Waals surface area (Å²) in [4.78, 5) is 53.7. The first-order valence-corrected chi connectivity index (χ1v) is 8.97. The van der Waals surface area contributed by atoms with Gasteiger partial charge in [0.1, 0.15) is 5.82 Å². The summed E-state index contributed by atoms with van der Waals surface area (Å²) in [5, 5.41) is 14.5. The van der Waals surface area contributed by atoms with Crippen LogP contribution in [0.25, 0.3) is 0 Å². The van der Waals surface area contributed by atoms with E-state index >= 15 is 0 Å². The first-order valence-electron chi connectivity index (χ1n) is 8.09. The fraction of sp³-hybridized carbons (Fsp3) is 0.235. The number of aliphatic carboxylic acids is 1. The molecule has 0 fully saturated rings. The van der Waals surface area contributed by atoms with Crippen molar-refractivity contribution < 1.29 is 23.9 Å². The zero-order chi connectivity index (χ0) is 20.8. The molecule has 0 aliphatic carbocycles. The monoisotopic (exact) mass is 407 g/mol. The van der Waals surface area contributed by atoms with E-state index in [1.165, 1.54) is 19.1 Å². The first kappa shape index (κ1) is 21.1. The Kier molecular flexibility index (Phi) is 6.88. The number of rotatable bonds is 7. The number of thioether (sulfide) groups is 1. The Labute approximate surface area is 162 Å². The lowest BCUT2D eigenvalue weighted by molar-refractivity contribution is -0.304. The normalized spacial score (nSPS) is 11.5. The van der Waals surface area contributed by atoms with E-state index < -0.39 is 34.4 Å². The molecule has 0 bridgehead atoms. The van der Waals surface area contributed by atoms with Crippen molar-refractivity contribution in [2.75, 3.05) is 10.6 Å². The Balaban J connectivity index is 2.39. The fourth-order valence-electron chi connectivity index (χ4n) is 1.94. The molecular formula is C17H16FN4O5S-. The molecule has 1 aromatic heterocycles. The van der Waals surface area contributed by atoms with Gasteiger partial charge < -0.3 is 20.5 Å². The lowest BCUT2D eigenvalue weighted by atomic mass is 10.2. The number of benzene rings is 1. The van der Waals surface area contributed by atoms with E-state index in [1.54, 1.807) is 6.92 Å². The summed E-state index contributed by atoms with van der Waals surface area (Å²) in [6.07, 6.45) is 0.0811. The molecule has 2 rings (SSSR count). The third kappa shape index (κ3) is 5.39. The maximum Gasteiger partial charge on any atom is 0.277 e. The van der Waals surface area contributed by atoms with Crippen molar-refractivity contribution in [2.24, 2.45) is 0 Å². The van der Waals surface area contributed by atoms with Crippen LogP contribution in [0.15, 0.2) is 34.2 Å². The number of nitrogens with zero attached hydrogens (tertiary/aromatic N) is 1. The lowest BCUT2D eigenvalue weighted by Crippen LogP contribution is -2.32. The van der Waals surface area contributed by atoms with E-state index in [0.717, 1.165) is 12.1 Å². The van der Waals surface area contributed by atoms with Crippen LogP contribution in [-0.2, 0) is 9.59 Å². The number of H-pyrrole nitrogens is 1. The average Bonchev–Trinajstić information content (AvgIpc) is 2.64. The second-order valence-electron chi connectivity index (χ2n) is 5.54. The van der Waals surface area contributed by atoms with Gasteiger partial charge in [0.2, 0.25) is 5.91 Å². The molecule has 0 aliphatic rings. The minimum atomic E-state index is -1.36. The Morgan fingerprint density at radius 2 is 1.89 bits per heavy atom. The molecule has 2 aromatic rings. The van der Waals surface area contributed by atoms with Gasteiger partial charge in [-0.15, -0.1) is 0 Å². The molecular weight excluding hydrogens is 391 g/mol. The number of aromatic amines is 1. The molecule has 1 heterocycles. The second-order valence-corrected chi connectivity index (χ2v) is 6.87. The van der Waals surface area contributed by atoms with Crippen LogP contribution < -0.4 is 21.3 Å². The smallest absolute Gasteiger partial charge is 0.277 e. The molecule has 11 heteroatoms. The van der Waals surface area contributed by atoms with E-state index in [2.05, 4.69) is 20.6 Å². The Morgan fingerprint density at radius 3 is 2.46 bits per heavy atom. The number of anilines is 2. The topological polar surface area (TPSA) is 144 Å². The zero-order valence-electron chi connectivity index (χ0n) is 14.9. The van der Waals surface area contributed by atoms with Gasteiger partial charge >= 0.3 is 0 Å². The number of hydrogen-bond acceptors (Lipinski definition) is 7. The summed E-state index contributed by atoms with van der Waals surface area (Å²) in [7, 11) is 0. The number of carboxylic acids is 1. The highest BCUT2D eigenvalue weighted by Crippen LogP contribution is 2.23. The summed E-state index contributed by atoms with van der Waals surface area (Å²) in [5.74, 6) is -3.32. The number of hydrogen-bond donors (Lipinski definition) is 3. The van der Waals surface area contributed by atoms with Crippen molar-refractivity contribution in [1.82, 2.24) is 9.97 Å². The van der Waals surface area contributed by atoms with E-state index in [4.69, 9.17) is 0 Å². The first-order chi connectivity index (χ1) is 13.2. The molecule has 0 aliphatic heterocycles. The predicted molar refractivity (Wildman–Crippen MR) is 98.5 cm³/mol. The number of amides is 2. The van der Waals surface area contributed by atoms with Crippen molar-refractivity contribution in [3.8, 4) is 0 Å². The molecule has 1 atom stereocenters. The maximum absolute atomic E-state index is 13.0. The molecule has 28 heavy (non-hydrogen) atoms. The Bertz CT molecular complexity index is 961. The third-order valence-corrected chi connectivity index (χ3v) is 4.40. The number of carbonyl (C=O) groups excluding carboxylic acids is 3. The molecule has 2 amide bonds. The Hall–Kier alpha value is -3.21. The number of aromatic nitrogens is 2. The molecule has 3 N–H and O–H groups in total. The van der Waals surface area contributed by atoms with Gasteiger partial charge in [-0.3, -0.25) is 19.4 Å². The zero-order valence-corrected chi connectivity index (χ0v) is 15.7. The van der Waals surface area contributed by atoms with Gasteiger partial charge in [0.15, 0.2) is 16.7 Å². The van der Waals surface area contributed by atoms with Crippen molar-refractivity contribution in [3.05, 3.63) is 46.0 Å². The molecule has 0 unspecified atom stereocenters. The predicted octanol–water partition coefficient (Wildman–Crippen LogP) is 0.740. The van der Waals surface area contributed by atoms with Gasteiger partial charge in [-0.2, -0.15) is 0 Å². The van der Waals surface area contributed by atoms with E-state index in [9.17, 15) is 28.7 Å². The van der Waals surface area contributed by atoms with Crippen LogP contribution in [0.3, 0.4) is 0 Å². The van der Waals surface area contributed by atoms with E-state index in [0.29, 0.717) is 11.8 Å². The van der Waals surface area contributed by atoms with Crippen LogP contribution >= 0.6 is 11.8 Å². The van der Waals surface area contributed by atoms with Crippen molar-refractivity contribution in [3.63, 3.8) is 0 Å². The number of nitrogens with one attached hydrogen (secondary N) is 3. The van der Waals surface area contributed by atoms with Crippen molar-refractivity contribution in [1.29, 1.82) is 0 Å². The fourth-order valence-corrected chi connectivity index (χ4v) is 2.66. The highest BCUT2D eigenvalue weighted by Gasteiger charge is 2.18. The minimum absolute atomic E-state index is 0.0760. The minimum Gasteiger partial charge on any atom is -0.549 e. The van der Waals surface area contributed by atoms with Crippen LogP contribution in [0.1, 0.15) is 30.6 Å². The molecule has 0 radical (unpaired) electrons. The van der Waals surface area contributed by atoms with Crippen LogP contribution in [0.5, 0.6) is 0 Å². The van der Waals surface area contributed by atoms with E-state index in [1.807, 2.05) is 0 Å². The molecule has 148 valence electrons. The standard InChI is InChI=1S/C17H17FN4O5S/c1-3-11(23)19-13-12(20-14(24)9-4-6-10(18)7-5-9)15(25)22-17(21-13)28-8(2)16(26)27/h4-8H,3H2,1-2H3,(H,20,24)(H,26,27)(H2,19,21,22,23,25)/p-1/t8-/m0/s1. The highest BCUT2D eigenvalue weighted by atomic mass is 32.2. The van der Waals surface area contributed by atoms with Gasteiger partial charge in [0, 0.05) is 17.2 Å². The summed E-state index contributed by atoms with van der Waals surface area (Å²) in [5.41, 5.74) is -1.05. The molecule has 9 nitrogen and oxygen atoms in total. The van der Waals surface area contributed by atoms with Crippen molar-refractivity contribution >= 4 is 41.1 Å². The number of carbonyl (C=O) groups is 3. The van der Waals surface area contributed by atoms with Gasteiger partial charge in [0.25, 0.3) is 11.5 Å². The largest absolute Gasteiger partial charge is 0.549 e. The number of carboxylic acid groups (broad SMARTS) is 1. The quantitative estimate of drug-likeness (QED) is 0.453. The van der Waals surface area contributed by atoms with E-state index in [-0.39, 0.29) is 28.6 Å². The second kappa shape index (κ2) is 9.13.